The van der Waals surface area contributed by atoms with E-state index in [1.807, 2.05) is 0 Å². The molecule has 1 heterocycles. The van der Waals surface area contributed by atoms with Crippen LogP contribution >= 0.6 is 11.3 Å². The fourth-order valence-electron chi connectivity index (χ4n) is 3.53. The third kappa shape index (κ3) is 5.96. The molecule has 0 saturated heterocycles. The molecule has 158 valence electrons. The number of anilines is 1. The van der Waals surface area contributed by atoms with Crippen molar-refractivity contribution < 1.29 is 17.9 Å². The van der Waals surface area contributed by atoms with Crippen molar-refractivity contribution in [2.75, 3.05) is 24.5 Å². The molecule has 0 aliphatic heterocycles. The lowest BCUT2D eigenvalue weighted by Crippen LogP contribution is -2.30. The molecular formula is C21H28N2O4S2. The molecule has 1 N–H and O–H groups in total. The quantitative estimate of drug-likeness (QED) is 0.644. The van der Waals surface area contributed by atoms with Crippen molar-refractivity contribution in [3.8, 4) is 5.75 Å². The van der Waals surface area contributed by atoms with Crippen molar-refractivity contribution in [3.63, 3.8) is 0 Å². The monoisotopic (exact) mass is 436 g/mol. The van der Waals surface area contributed by atoms with Gasteiger partial charge >= 0.3 is 0 Å². The molecule has 8 heteroatoms. The Balaban J connectivity index is 1.44. The second-order valence-electron chi connectivity index (χ2n) is 7.33. The summed E-state index contributed by atoms with van der Waals surface area (Å²) in [5.41, 5.74) is 0.530. The van der Waals surface area contributed by atoms with Crippen LogP contribution in [-0.4, -0.2) is 34.5 Å². The maximum atomic E-state index is 12.6. The molecule has 0 unspecified atom stereocenters. The largest absolute Gasteiger partial charge is 0.484 e. The van der Waals surface area contributed by atoms with E-state index in [9.17, 15) is 13.2 Å². The minimum absolute atomic E-state index is 0.0483. The zero-order valence-electron chi connectivity index (χ0n) is 16.7. The number of hydrogen-bond acceptors (Lipinski definition) is 5. The van der Waals surface area contributed by atoms with E-state index in [4.69, 9.17) is 4.74 Å². The van der Waals surface area contributed by atoms with Crippen LogP contribution in [0.15, 0.2) is 46.0 Å². The second-order valence-corrected chi connectivity index (χ2v) is 10.5. The van der Waals surface area contributed by atoms with Crippen molar-refractivity contribution in [2.24, 2.45) is 5.92 Å². The van der Waals surface area contributed by atoms with Crippen LogP contribution in [0.2, 0.25) is 0 Å². The highest BCUT2D eigenvalue weighted by atomic mass is 32.2. The first kappa shape index (κ1) is 21.6. The maximum absolute atomic E-state index is 12.6. The van der Waals surface area contributed by atoms with Gasteiger partial charge < -0.3 is 10.1 Å². The SMILES string of the molecule is CN(c1ccc(OCC(=O)NCCC2CCCCC2)cc1)S(=O)(=O)c1cccs1. The van der Waals surface area contributed by atoms with Gasteiger partial charge in [0.15, 0.2) is 6.61 Å². The second kappa shape index (κ2) is 10.1. The summed E-state index contributed by atoms with van der Waals surface area (Å²) < 4.78 is 32.2. The van der Waals surface area contributed by atoms with Gasteiger partial charge in [0.05, 0.1) is 5.69 Å². The van der Waals surface area contributed by atoms with Crippen molar-refractivity contribution in [1.29, 1.82) is 0 Å². The van der Waals surface area contributed by atoms with Crippen molar-refractivity contribution in [2.45, 2.75) is 42.7 Å². The average Bonchev–Trinajstić information content (AvgIpc) is 3.29. The number of amides is 1. The van der Waals surface area contributed by atoms with Gasteiger partial charge in [-0.25, -0.2) is 8.42 Å². The van der Waals surface area contributed by atoms with Gasteiger partial charge in [-0.3, -0.25) is 9.10 Å². The smallest absolute Gasteiger partial charge is 0.273 e. The van der Waals surface area contributed by atoms with E-state index in [1.165, 1.54) is 54.8 Å². The third-order valence-corrected chi connectivity index (χ3v) is 8.44. The fourth-order valence-corrected chi connectivity index (χ4v) is 5.88. The van der Waals surface area contributed by atoms with Crippen LogP contribution in [0.1, 0.15) is 38.5 Å². The predicted molar refractivity (Wildman–Crippen MR) is 116 cm³/mol. The van der Waals surface area contributed by atoms with Gasteiger partial charge in [0.25, 0.3) is 15.9 Å². The molecule has 1 saturated carbocycles. The highest BCUT2D eigenvalue weighted by Gasteiger charge is 2.22. The highest BCUT2D eigenvalue weighted by molar-refractivity contribution is 7.94. The number of hydrogen-bond donors (Lipinski definition) is 1. The molecule has 1 amide bonds. The van der Waals surface area contributed by atoms with Crippen LogP contribution in [0.3, 0.4) is 0 Å². The van der Waals surface area contributed by atoms with Crippen LogP contribution in [-0.2, 0) is 14.8 Å². The summed E-state index contributed by atoms with van der Waals surface area (Å²) in [4.78, 5) is 12.0. The number of nitrogens with one attached hydrogen (secondary N) is 1. The van der Waals surface area contributed by atoms with Gasteiger partial charge in [-0.1, -0.05) is 38.2 Å². The summed E-state index contributed by atoms with van der Waals surface area (Å²) >= 11 is 1.18. The number of rotatable bonds is 9. The van der Waals surface area contributed by atoms with Crippen LogP contribution < -0.4 is 14.4 Å². The van der Waals surface area contributed by atoms with E-state index in [1.54, 1.807) is 41.8 Å². The summed E-state index contributed by atoms with van der Waals surface area (Å²) in [5.74, 6) is 1.13. The molecule has 0 atom stereocenters. The molecule has 0 radical (unpaired) electrons. The summed E-state index contributed by atoms with van der Waals surface area (Å²) in [6.45, 7) is 0.643. The Morgan fingerprint density at radius 2 is 1.90 bits per heavy atom. The number of carbonyl (C=O) groups is 1. The molecule has 1 aliphatic rings. The Labute approximate surface area is 176 Å². The summed E-state index contributed by atoms with van der Waals surface area (Å²) in [5, 5.41) is 4.65. The number of carbonyl (C=O) groups excluding carboxylic acids is 1. The van der Waals surface area contributed by atoms with Gasteiger partial charge in [0, 0.05) is 13.6 Å². The molecule has 0 spiro atoms. The Morgan fingerprint density at radius 3 is 2.55 bits per heavy atom. The first-order chi connectivity index (χ1) is 14.0. The summed E-state index contributed by atoms with van der Waals surface area (Å²) in [7, 11) is -2.04. The fraction of sp³-hybridized carbons (Fsp3) is 0.476. The number of thiophene rings is 1. The predicted octanol–water partition coefficient (Wildman–Crippen LogP) is 4.04. The van der Waals surface area contributed by atoms with E-state index < -0.39 is 10.0 Å². The van der Waals surface area contributed by atoms with Gasteiger partial charge in [0.2, 0.25) is 0 Å². The van der Waals surface area contributed by atoms with Crippen LogP contribution in [0.4, 0.5) is 5.69 Å². The molecule has 0 bridgehead atoms. The first-order valence-electron chi connectivity index (χ1n) is 9.99. The molecule has 1 aliphatic carbocycles. The minimum atomic E-state index is -3.56. The lowest BCUT2D eigenvalue weighted by Gasteiger charge is -2.21. The normalized spacial score (nSPS) is 15.1. The molecule has 1 aromatic carbocycles. The van der Waals surface area contributed by atoms with Crippen LogP contribution in [0.5, 0.6) is 5.75 Å². The maximum Gasteiger partial charge on any atom is 0.273 e. The molecule has 2 aromatic rings. The lowest BCUT2D eigenvalue weighted by molar-refractivity contribution is -0.123. The Bertz CT molecular complexity index is 874. The zero-order chi connectivity index (χ0) is 20.7. The topological polar surface area (TPSA) is 75.7 Å². The highest BCUT2D eigenvalue weighted by Crippen LogP contribution is 2.27. The Morgan fingerprint density at radius 1 is 1.17 bits per heavy atom. The number of benzene rings is 1. The van der Waals surface area contributed by atoms with Gasteiger partial charge in [-0.05, 0) is 48.1 Å². The average molecular weight is 437 g/mol. The van der Waals surface area contributed by atoms with E-state index in [2.05, 4.69) is 5.32 Å². The van der Waals surface area contributed by atoms with Crippen molar-refractivity contribution >= 4 is 33.0 Å². The van der Waals surface area contributed by atoms with Crippen molar-refractivity contribution in [1.82, 2.24) is 5.32 Å². The number of sulfonamides is 1. The first-order valence-corrected chi connectivity index (χ1v) is 12.3. The molecule has 1 aromatic heterocycles. The Hall–Kier alpha value is -2.06. The molecule has 1 fully saturated rings. The number of ether oxygens (including phenoxy) is 1. The zero-order valence-corrected chi connectivity index (χ0v) is 18.3. The van der Waals surface area contributed by atoms with Crippen LogP contribution in [0.25, 0.3) is 0 Å². The molecule has 29 heavy (non-hydrogen) atoms. The van der Waals surface area contributed by atoms with Gasteiger partial charge in [-0.15, -0.1) is 11.3 Å². The standard InChI is InChI=1S/C21H28N2O4S2/c1-23(29(25,26)21-8-5-15-28-21)18-9-11-19(12-10-18)27-16-20(24)22-14-13-17-6-3-2-4-7-17/h5,8-12,15,17H,2-4,6-7,13-14,16H2,1H3,(H,22,24). The van der Waals surface area contributed by atoms with E-state index >= 15 is 0 Å². The number of nitrogens with zero attached hydrogens (tertiary/aromatic N) is 1. The van der Waals surface area contributed by atoms with Crippen molar-refractivity contribution in [3.05, 3.63) is 41.8 Å². The van der Waals surface area contributed by atoms with Gasteiger partial charge in [0.1, 0.15) is 9.96 Å². The van der Waals surface area contributed by atoms with Gasteiger partial charge in [-0.2, -0.15) is 0 Å². The Kier molecular flexibility index (Phi) is 7.55. The van der Waals surface area contributed by atoms with E-state index in [0.717, 1.165) is 12.3 Å². The molecule has 3 rings (SSSR count). The molecular weight excluding hydrogens is 408 g/mol. The third-order valence-electron chi connectivity index (χ3n) is 5.28. The van der Waals surface area contributed by atoms with Crippen LogP contribution in [0, 0.1) is 5.92 Å². The summed E-state index contributed by atoms with van der Waals surface area (Å²) in [6, 6.07) is 9.97. The lowest BCUT2D eigenvalue weighted by atomic mass is 9.87. The molecule has 6 nitrogen and oxygen atoms in total. The summed E-state index contributed by atoms with van der Waals surface area (Å²) in [6.07, 6.45) is 7.53. The minimum Gasteiger partial charge on any atom is -0.484 e. The van der Waals surface area contributed by atoms with E-state index in [0.29, 0.717) is 22.2 Å². The van der Waals surface area contributed by atoms with E-state index in [-0.39, 0.29) is 12.5 Å².